The maximum Gasteiger partial charge on any atom is 0.261 e. The summed E-state index contributed by atoms with van der Waals surface area (Å²) < 4.78 is 0. The second-order valence-corrected chi connectivity index (χ2v) is 6.18. The first-order valence-electron chi connectivity index (χ1n) is 8.27. The smallest absolute Gasteiger partial charge is 0.261 e. The monoisotopic (exact) mass is 341 g/mol. The van der Waals surface area contributed by atoms with Gasteiger partial charge in [-0.2, -0.15) is 0 Å². The average molecular weight is 341 g/mol. The van der Waals surface area contributed by atoms with Crippen LogP contribution < -0.4 is 0 Å². The summed E-state index contributed by atoms with van der Waals surface area (Å²) in [4.78, 5) is 36.9. The highest BCUT2D eigenvalue weighted by Crippen LogP contribution is 2.25. The first kappa shape index (κ1) is 16.0. The maximum atomic E-state index is 12.4. The molecule has 0 saturated carbocycles. The molecule has 0 atom stereocenters. The number of hydrogen-bond donors (Lipinski definition) is 0. The lowest BCUT2D eigenvalue weighted by molar-refractivity contribution is 0.0642. The Balaban J connectivity index is 1.54. The minimum atomic E-state index is -0.251. The zero-order valence-electron chi connectivity index (χ0n) is 13.9. The highest BCUT2D eigenvalue weighted by molar-refractivity contribution is 6.21. The van der Waals surface area contributed by atoms with E-state index in [0.29, 0.717) is 16.7 Å². The van der Waals surface area contributed by atoms with Gasteiger partial charge in [0.2, 0.25) is 0 Å². The zero-order chi connectivity index (χ0) is 18.1. The van der Waals surface area contributed by atoms with E-state index < -0.39 is 0 Å². The number of amides is 2. The molecule has 126 valence electrons. The number of rotatable bonds is 4. The third-order valence-corrected chi connectivity index (χ3v) is 4.55. The number of benzene rings is 3. The van der Waals surface area contributed by atoms with Crippen molar-refractivity contribution in [1.82, 2.24) is 4.90 Å². The number of aldehydes is 1. The minimum Gasteiger partial charge on any atom is -0.298 e. The summed E-state index contributed by atoms with van der Waals surface area (Å²) in [5.41, 5.74) is 4.45. The van der Waals surface area contributed by atoms with E-state index in [4.69, 9.17) is 0 Å². The van der Waals surface area contributed by atoms with Crippen LogP contribution in [0.4, 0.5) is 0 Å². The number of nitrogens with zero attached hydrogens (tertiary/aromatic N) is 1. The van der Waals surface area contributed by atoms with Gasteiger partial charge >= 0.3 is 0 Å². The normalized spacial score (nSPS) is 13.0. The molecule has 3 aromatic carbocycles. The number of carbonyl (C=O) groups is 3. The Hall–Kier alpha value is -3.53. The van der Waals surface area contributed by atoms with Crippen molar-refractivity contribution in [2.45, 2.75) is 6.54 Å². The van der Waals surface area contributed by atoms with Gasteiger partial charge in [0.05, 0.1) is 17.7 Å². The Kier molecular flexibility index (Phi) is 3.93. The molecule has 26 heavy (non-hydrogen) atoms. The van der Waals surface area contributed by atoms with Crippen molar-refractivity contribution < 1.29 is 14.4 Å². The third-order valence-electron chi connectivity index (χ3n) is 4.55. The van der Waals surface area contributed by atoms with E-state index in [-0.39, 0.29) is 18.4 Å². The quantitative estimate of drug-likeness (QED) is 0.533. The summed E-state index contributed by atoms with van der Waals surface area (Å²) in [6.45, 7) is 0.247. The molecule has 0 unspecified atom stereocenters. The molecular formula is C22H15NO3. The summed E-state index contributed by atoms with van der Waals surface area (Å²) in [5.74, 6) is -0.502. The Labute approximate surface area is 150 Å². The van der Waals surface area contributed by atoms with Crippen molar-refractivity contribution in [2.24, 2.45) is 0 Å². The van der Waals surface area contributed by atoms with Crippen LogP contribution in [-0.2, 0) is 6.54 Å². The van der Waals surface area contributed by atoms with Crippen LogP contribution in [0, 0.1) is 0 Å². The van der Waals surface area contributed by atoms with E-state index in [0.717, 1.165) is 23.0 Å². The lowest BCUT2D eigenvalue weighted by atomic mass is 10.0. The van der Waals surface area contributed by atoms with Crippen LogP contribution in [0.3, 0.4) is 0 Å². The molecule has 0 radical (unpaired) electrons. The Bertz CT molecular complexity index is 969. The Morgan fingerprint density at radius 3 is 1.69 bits per heavy atom. The Morgan fingerprint density at radius 1 is 0.692 bits per heavy atom. The zero-order valence-corrected chi connectivity index (χ0v) is 13.9. The predicted molar refractivity (Wildman–Crippen MR) is 97.9 cm³/mol. The number of hydrogen-bond acceptors (Lipinski definition) is 3. The standard InChI is InChI=1S/C22H15NO3/c24-14-16-7-11-18(12-8-16)17-9-5-15(6-10-17)13-23-21(25)19-3-1-2-4-20(19)22(23)26/h1-12,14H,13H2. The van der Waals surface area contributed by atoms with E-state index in [1.807, 2.05) is 36.4 Å². The molecule has 1 aliphatic heterocycles. The van der Waals surface area contributed by atoms with Crippen LogP contribution in [0.5, 0.6) is 0 Å². The number of carbonyl (C=O) groups excluding carboxylic acids is 3. The molecule has 0 bridgehead atoms. The SMILES string of the molecule is O=Cc1ccc(-c2ccc(CN3C(=O)c4ccccc4C3=O)cc2)cc1. The van der Waals surface area contributed by atoms with Crippen molar-refractivity contribution in [3.8, 4) is 11.1 Å². The lowest BCUT2D eigenvalue weighted by Crippen LogP contribution is -2.29. The second-order valence-electron chi connectivity index (χ2n) is 6.18. The van der Waals surface area contributed by atoms with E-state index >= 15 is 0 Å². The van der Waals surface area contributed by atoms with E-state index in [1.165, 1.54) is 4.90 Å². The van der Waals surface area contributed by atoms with Gasteiger partial charge in [-0.1, -0.05) is 60.7 Å². The lowest BCUT2D eigenvalue weighted by Gasteiger charge is -2.14. The van der Waals surface area contributed by atoms with E-state index in [1.54, 1.807) is 36.4 Å². The molecule has 4 heteroatoms. The summed E-state index contributed by atoms with van der Waals surface area (Å²) in [6, 6.07) is 21.9. The fraction of sp³-hybridized carbons (Fsp3) is 0.0455. The molecule has 0 aromatic heterocycles. The van der Waals surface area contributed by atoms with Gasteiger partial charge in [0.15, 0.2) is 0 Å². The van der Waals surface area contributed by atoms with Crippen LogP contribution in [0.1, 0.15) is 36.6 Å². The van der Waals surface area contributed by atoms with E-state index in [9.17, 15) is 14.4 Å². The average Bonchev–Trinajstić information content (AvgIpc) is 2.94. The summed E-state index contributed by atoms with van der Waals surface area (Å²) in [6.07, 6.45) is 0.814. The van der Waals surface area contributed by atoms with Crippen molar-refractivity contribution in [1.29, 1.82) is 0 Å². The van der Waals surface area contributed by atoms with Gasteiger partial charge in [-0.25, -0.2) is 0 Å². The molecule has 4 nitrogen and oxygen atoms in total. The molecule has 2 amide bonds. The Morgan fingerprint density at radius 2 is 1.19 bits per heavy atom. The number of fused-ring (bicyclic) bond motifs is 1. The van der Waals surface area contributed by atoms with Crippen LogP contribution >= 0.6 is 0 Å². The van der Waals surface area contributed by atoms with Crippen LogP contribution in [0.25, 0.3) is 11.1 Å². The van der Waals surface area contributed by atoms with Gasteiger partial charge in [-0.3, -0.25) is 19.3 Å². The van der Waals surface area contributed by atoms with Gasteiger partial charge in [0, 0.05) is 5.56 Å². The van der Waals surface area contributed by atoms with Crippen molar-refractivity contribution in [2.75, 3.05) is 0 Å². The second kappa shape index (κ2) is 6.41. The fourth-order valence-corrected chi connectivity index (χ4v) is 3.12. The molecule has 3 aromatic rings. The van der Waals surface area contributed by atoms with Gasteiger partial charge in [0.25, 0.3) is 11.8 Å². The number of imide groups is 1. The van der Waals surface area contributed by atoms with E-state index in [2.05, 4.69) is 0 Å². The van der Waals surface area contributed by atoms with Gasteiger partial charge in [0.1, 0.15) is 6.29 Å². The summed E-state index contributed by atoms with van der Waals surface area (Å²) >= 11 is 0. The third kappa shape index (κ3) is 2.71. The maximum absolute atomic E-state index is 12.4. The van der Waals surface area contributed by atoms with Crippen molar-refractivity contribution in [3.63, 3.8) is 0 Å². The molecule has 0 aliphatic carbocycles. The molecule has 1 aliphatic rings. The molecule has 1 heterocycles. The molecule has 0 spiro atoms. The van der Waals surface area contributed by atoms with Crippen LogP contribution in [-0.4, -0.2) is 23.0 Å². The molecule has 0 saturated heterocycles. The van der Waals surface area contributed by atoms with Crippen LogP contribution in [0.2, 0.25) is 0 Å². The van der Waals surface area contributed by atoms with Crippen molar-refractivity contribution in [3.05, 3.63) is 95.1 Å². The first-order valence-corrected chi connectivity index (χ1v) is 8.27. The van der Waals surface area contributed by atoms with Crippen molar-refractivity contribution >= 4 is 18.1 Å². The first-order chi connectivity index (χ1) is 12.7. The van der Waals surface area contributed by atoms with Crippen LogP contribution in [0.15, 0.2) is 72.8 Å². The van der Waals surface area contributed by atoms with Gasteiger partial charge in [-0.05, 0) is 28.8 Å². The molecular weight excluding hydrogens is 326 g/mol. The molecule has 0 fully saturated rings. The summed E-state index contributed by atoms with van der Waals surface area (Å²) in [5, 5.41) is 0. The highest BCUT2D eigenvalue weighted by atomic mass is 16.2. The minimum absolute atomic E-state index is 0.247. The molecule has 0 N–H and O–H groups in total. The predicted octanol–water partition coefficient (Wildman–Crippen LogP) is 3.96. The highest BCUT2D eigenvalue weighted by Gasteiger charge is 2.34. The van der Waals surface area contributed by atoms with Gasteiger partial charge in [-0.15, -0.1) is 0 Å². The fourth-order valence-electron chi connectivity index (χ4n) is 3.12. The molecule has 4 rings (SSSR count). The van der Waals surface area contributed by atoms with Gasteiger partial charge < -0.3 is 0 Å². The topological polar surface area (TPSA) is 54.5 Å². The summed E-state index contributed by atoms with van der Waals surface area (Å²) in [7, 11) is 0. The largest absolute Gasteiger partial charge is 0.298 e.